The van der Waals surface area contributed by atoms with Crippen molar-refractivity contribution in [2.75, 3.05) is 27.2 Å². The number of amides is 1. The van der Waals surface area contributed by atoms with Crippen LogP contribution in [-0.4, -0.2) is 49.5 Å². The van der Waals surface area contributed by atoms with E-state index >= 15 is 0 Å². The Morgan fingerprint density at radius 2 is 2.14 bits per heavy atom. The van der Waals surface area contributed by atoms with Crippen molar-refractivity contribution in [3.8, 4) is 5.75 Å². The normalized spacial score (nSPS) is 19.2. The zero-order chi connectivity index (χ0) is 16.1. The Hall–Kier alpha value is -1.69. The van der Waals surface area contributed by atoms with Crippen LogP contribution in [0.15, 0.2) is 24.3 Å². The highest BCUT2D eigenvalue weighted by Crippen LogP contribution is 2.25. The Morgan fingerprint density at radius 1 is 1.41 bits per heavy atom. The minimum atomic E-state index is -2.83. The molecule has 0 bridgehead atoms. The van der Waals surface area contributed by atoms with E-state index < -0.39 is 6.61 Å². The van der Waals surface area contributed by atoms with Gasteiger partial charge in [0.25, 0.3) is 0 Å². The minimum Gasteiger partial charge on any atom is -0.434 e. The molecule has 1 aliphatic rings. The zero-order valence-electron chi connectivity index (χ0n) is 13.0. The molecule has 122 valence electrons. The molecule has 6 heteroatoms. The van der Waals surface area contributed by atoms with Crippen molar-refractivity contribution in [2.45, 2.75) is 26.0 Å². The van der Waals surface area contributed by atoms with Gasteiger partial charge in [-0.05, 0) is 25.5 Å². The third kappa shape index (κ3) is 4.40. The molecule has 1 saturated heterocycles. The van der Waals surface area contributed by atoms with Crippen LogP contribution >= 0.6 is 0 Å². The molecule has 1 aromatic carbocycles. The van der Waals surface area contributed by atoms with Gasteiger partial charge >= 0.3 is 6.61 Å². The third-order valence-corrected chi connectivity index (χ3v) is 3.88. The molecular formula is C16H22F2N2O2. The molecule has 1 aromatic rings. The van der Waals surface area contributed by atoms with Gasteiger partial charge < -0.3 is 9.64 Å². The first-order chi connectivity index (χ1) is 10.5. The minimum absolute atomic E-state index is 0.0214. The molecular weight excluding hydrogens is 290 g/mol. The van der Waals surface area contributed by atoms with E-state index in [1.807, 2.05) is 0 Å². The summed E-state index contributed by atoms with van der Waals surface area (Å²) in [5, 5.41) is 0. The molecule has 0 aromatic heterocycles. The summed E-state index contributed by atoms with van der Waals surface area (Å²) in [5.74, 6) is 0.312. The molecule has 0 saturated carbocycles. The van der Waals surface area contributed by atoms with E-state index in [1.54, 1.807) is 43.3 Å². The van der Waals surface area contributed by atoms with Crippen LogP contribution < -0.4 is 4.74 Å². The lowest BCUT2D eigenvalue weighted by molar-refractivity contribution is -0.134. The van der Waals surface area contributed by atoms with Crippen molar-refractivity contribution in [1.82, 2.24) is 9.80 Å². The summed E-state index contributed by atoms with van der Waals surface area (Å²) in [6, 6.07) is 6.82. The van der Waals surface area contributed by atoms with E-state index in [0.717, 1.165) is 24.9 Å². The molecule has 22 heavy (non-hydrogen) atoms. The van der Waals surface area contributed by atoms with E-state index in [0.29, 0.717) is 13.1 Å². The topological polar surface area (TPSA) is 32.8 Å². The molecule has 1 aliphatic heterocycles. The molecule has 0 spiro atoms. The Kier molecular flexibility index (Phi) is 5.71. The SMILES string of the molecule is CN(C)C(=O)[C@@H]1CCCN(Cc2ccccc2OC(F)F)C1. The molecule has 1 heterocycles. The van der Waals surface area contributed by atoms with Gasteiger partial charge in [-0.15, -0.1) is 0 Å². The number of rotatable bonds is 5. The summed E-state index contributed by atoms with van der Waals surface area (Å²) in [5.41, 5.74) is 0.723. The number of ether oxygens (including phenoxy) is 1. The summed E-state index contributed by atoms with van der Waals surface area (Å²) >= 11 is 0. The maximum Gasteiger partial charge on any atom is 0.387 e. The average molecular weight is 312 g/mol. The van der Waals surface area contributed by atoms with Gasteiger partial charge in [0.05, 0.1) is 5.92 Å². The standard InChI is InChI=1S/C16H22F2N2O2/c1-19(2)15(21)13-7-5-9-20(11-13)10-12-6-3-4-8-14(12)22-16(17)18/h3-4,6,8,13,16H,5,7,9-11H2,1-2H3/t13-/m1/s1. The van der Waals surface area contributed by atoms with Crippen LogP contribution in [0.5, 0.6) is 5.75 Å². The van der Waals surface area contributed by atoms with Gasteiger partial charge in [0, 0.05) is 32.7 Å². The smallest absolute Gasteiger partial charge is 0.387 e. The molecule has 1 amide bonds. The van der Waals surface area contributed by atoms with Gasteiger partial charge in [-0.25, -0.2) is 0 Å². The van der Waals surface area contributed by atoms with Crippen LogP contribution in [0.1, 0.15) is 18.4 Å². The highest BCUT2D eigenvalue weighted by molar-refractivity contribution is 5.78. The molecule has 0 unspecified atom stereocenters. The first-order valence-corrected chi connectivity index (χ1v) is 7.43. The number of halogens is 2. The number of alkyl halides is 2. The average Bonchev–Trinajstić information content (AvgIpc) is 2.48. The van der Waals surface area contributed by atoms with Gasteiger partial charge in [0.15, 0.2) is 0 Å². The van der Waals surface area contributed by atoms with Gasteiger partial charge in [-0.1, -0.05) is 18.2 Å². The number of nitrogens with zero attached hydrogens (tertiary/aromatic N) is 2. The number of piperidine rings is 1. The predicted octanol–water partition coefficient (Wildman–Crippen LogP) is 2.59. The fourth-order valence-electron chi connectivity index (χ4n) is 2.85. The van der Waals surface area contributed by atoms with Crippen molar-refractivity contribution in [1.29, 1.82) is 0 Å². The van der Waals surface area contributed by atoms with Gasteiger partial charge in [0.2, 0.25) is 5.91 Å². The molecule has 0 radical (unpaired) electrons. The molecule has 1 fully saturated rings. The first-order valence-electron chi connectivity index (χ1n) is 7.43. The van der Waals surface area contributed by atoms with Gasteiger partial charge in [-0.2, -0.15) is 8.78 Å². The van der Waals surface area contributed by atoms with Crippen LogP contribution in [0.4, 0.5) is 8.78 Å². The number of carbonyl (C=O) groups is 1. The van der Waals surface area contributed by atoms with Crippen molar-refractivity contribution >= 4 is 5.91 Å². The number of carbonyl (C=O) groups excluding carboxylic acids is 1. The number of benzene rings is 1. The molecule has 2 rings (SSSR count). The first kappa shape index (κ1) is 16.7. The highest BCUT2D eigenvalue weighted by Gasteiger charge is 2.27. The second kappa shape index (κ2) is 7.54. The molecule has 0 aliphatic carbocycles. The molecule has 0 N–H and O–H groups in total. The van der Waals surface area contributed by atoms with Crippen LogP contribution in [0.3, 0.4) is 0 Å². The lowest BCUT2D eigenvalue weighted by atomic mass is 9.96. The number of likely N-dealkylation sites (tertiary alicyclic amines) is 1. The summed E-state index contributed by atoms with van der Waals surface area (Å²) in [6.07, 6.45) is 1.81. The highest BCUT2D eigenvalue weighted by atomic mass is 19.3. The van der Waals surface area contributed by atoms with Crippen molar-refractivity contribution < 1.29 is 18.3 Å². The Bertz CT molecular complexity index is 509. The Labute approximate surface area is 129 Å². The monoisotopic (exact) mass is 312 g/mol. The van der Waals surface area contributed by atoms with Crippen molar-refractivity contribution in [2.24, 2.45) is 5.92 Å². The lowest BCUT2D eigenvalue weighted by Crippen LogP contribution is -2.42. The largest absolute Gasteiger partial charge is 0.434 e. The Balaban J connectivity index is 2.03. The van der Waals surface area contributed by atoms with Crippen LogP contribution in [-0.2, 0) is 11.3 Å². The van der Waals surface area contributed by atoms with Crippen LogP contribution in [0.2, 0.25) is 0 Å². The van der Waals surface area contributed by atoms with Crippen molar-refractivity contribution in [3.63, 3.8) is 0 Å². The van der Waals surface area contributed by atoms with Crippen LogP contribution in [0.25, 0.3) is 0 Å². The zero-order valence-corrected chi connectivity index (χ0v) is 13.0. The maximum absolute atomic E-state index is 12.4. The molecule has 1 atom stereocenters. The Morgan fingerprint density at radius 3 is 2.82 bits per heavy atom. The summed E-state index contributed by atoms with van der Waals surface area (Å²) in [6.45, 7) is -0.800. The summed E-state index contributed by atoms with van der Waals surface area (Å²) in [4.78, 5) is 15.8. The second-order valence-electron chi connectivity index (χ2n) is 5.79. The summed E-state index contributed by atoms with van der Waals surface area (Å²) < 4.78 is 29.5. The predicted molar refractivity (Wildman–Crippen MR) is 79.8 cm³/mol. The van der Waals surface area contributed by atoms with E-state index in [1.165, 1.54) is 0 Å². The second-order valence-corrected chi connectivity index (χ2v) is 5.79. The van der Waals surface area contributed by atoms with E-state index in [2.05, 4.69) is 9.64 Å². The number of hydrogen-bond acceptors (Lipinski definition) is 3. The third-order valence-electron chi connectivity index (χ3n) is 3.88. The fraction of sp³-hybridized carbons (Fsp3) is 0.562. The van der Waals surface area contributed by atoms with Crippen molar-refractivity contribution in [3.05, 3.63) is 29.8 Å². The van der Waals surface area contributed by atoms with E-state index in [-0.39, 0.29) is 17.6 Å². The molecule has 4 nitrogen and oxygen atoms in total. The summed E-state index contributed by atoms with van der Waals surface area (Å²) in [7, 11) is 3.51. The van der Waals surface area contributed by atoms with E-state index in [4.69, 9.17) is 0 Å². The van der Waals surface area contributed by atoms with E-state index in [9.17, 15) is 13.6 Å². The maximum atomic E-state index is 12.4. The number of para-hydroxylation sites is 1. The lowest BCUT2D eigenvalue weighted by Gasteiger charge is -2.33. The quantitative estimate of drug-likeness (QED) is 0.838. The van der Waals surface area contributed by atoms with Gasteiger partial charge in [-0.3, -0.25) is 9.69 Å². The number of hydrogen-bond donors (Lipinski definition) is 0. The fourth-order valence-corrected chi connectivity index (χ4v) is 2.85. The van der Waals surface area contributed by atoms with Gasteiger partial charge in [0.1, 0.15) is 5.75 Å². The van der Waals surface area contributed by atoms with Crippen LogP contribution in [0, 0.1) is 5.92 Å².